The van der Waals surface area contributed by atoms with Crippen molar-refractivity contribution in [2.45, 2.75) is 131 Å². The first-order valence-electron chi connectivity index (χ1n) is 15.5. The molecule has 4 saturated carbocycles. The van der Waals surface area contributed by atoms with Crippen molar-refractivity contribution in [3.8, 4) is 0 Å². The van der Waals surface area contributed by atoms with Crippen molar-refractivity contribution in [2.24, 2.45) is 50.2 Å². The van der Waals surface area contributed by atoms with Gasteiger partial charge in [0.25, 0.3) is 0 Å². The smallest absolute Gasteiger partial charge is 0.302 e. The third-order valence-corrected chi connectivity index (χ3v) is 14.1. The number of carbonyl (C=O) groups is 1. The van der Waals surface area contributed by atoms with Crippen LogP contribution in [0.4, 0.5) is 0 Å². The molecule has 6 heteroatoms. The lowest BCUT2D eigenvalue weighted by atomic mass is 9.32. The number of aliphatic hydroxyl groups is 4. The Morgan fingerprint density at radius 1 is 0.923 bits per heavy atom. The van der Waals surface area contributed by atoms with Crippen molar-refractivity contribution in [1.82, 2.24) is 0 Å². The molecule has 0 spiro atoms. The van der Waals surface area contributed by atoms with Crippen LogP contribution in [0.2, 0.25) is 0 Å². The molecule has 222 valence electrons. The van der Waals surface area contributed by atoms with E-state index >= 15 is 0 Å². The molecule has 4 N–H and O–H groups in total. The number of ether oxygens (including phenoxy) is 1. The monoisotopic (exact) mass is 546 g/mol. The van der Waals surface area contributed by atoms with Gasteiger partial charge in [-0.1, -0.05) is 60.1 Å². The summed E-state index contributed by atoms with van der Waals surface area (Å²) in [7, 11) is 0. The highest BCUT2D eigenvalue weighted by atomic mass is 16.5. The minimum Gasteiger partial charge on any atom is -0.465 e. The van der Waals surface area contributed by atoms with Crippen molar-refractivity contribution in [3.63, 3.8) is 0 Å². The van der Waals surface area contributed by atoms with Crippen molar-refractivity contribution < 1.29 is 30.0 Å². The lowest BCUT2D eigenvalue weighted by Gasteiger charge is -2.72. The fourth-order valence-corrected chi connectivity index (χ4v) is 11.5. The Morgan fingerprint density at radius 3 is 2.21 bits per heavy atom. The van der Waals surface area contributed by atoms with Crippen LogP contribution in [0.1, 0.15) is 107 Å². The molecule has 5 aliphatic rings. The normalized spacial score (nSPS) is 54.4. The molecule has 4 fully saturated rings. The number of allylic oxidation sites excluding steroid dienone is 2. The predicted molar refractivity (Wildman–Crippen MR) is 150 cm³/mol. The zero-order valence-electron chi connectivity index (χ0n) is 25.6. The Kier molecular flexibility index (Phi) is 6.83. The number of hydrogen-bond acceptors (Lipinski definition) is 6. The van der Waals surface area contributed by atoms with Crippen molar-refractivity contribution >= 4 is 5.97 Å². The number of aliphatic hydroxyl groups excluding tert-OH is 4. The fraction of sp³-hybridized carbons (Fsp3) is 0.909. The average molecular weight is 547 g/mol. The Bertz CT molecular complexity index is 1040. The van der Waals surface area contributed by atoms with E-state index in [1.807, 2.05) is 0 Å². The SMILES string of the molecule is CC[C@@]12C(CC(C)(C)[C@@H](O)[C@@H]1O)C1=CCC3[C@@]4(C)CC[C@H](O)[C@](C)(COC(C)=O)C4CC[C@@]3(C)[C@]1(C)C[C@H]2O. The highest BCUT2D eigenvalue weighted by molar-refractivity contribution is 5.65. The molecule has 12 atom stereocenters. The second-order valence-corrected chi connectivity index (χ2v) is 16.0. The highest BCUT2D eigenvalue weighted by Crippen LogP contribution is 2.76. The van der Waals surface area contributed by atoms with E-state index in [1.54, 1.807) is 0 Å². The molecule has 0 aromatic rings. The summed E-state index contributed by atoms with van der Waals surface area (Å²) in [5, 5.41) is 45.9. The van der Waals surface area contributed by atoms with E-state index < -0.39 is 40.7 Å². The molecule has 3 unspecified atom stereocenters. The Labute approximate surface area is 235 Å². The average Bonchev–Trinajstić information content (AvgIpc) is 2.85. The number of rotatable bonds is 3. The summed E-state index contributed by atoms with van der Waals surface area (Å²) >= 11 is 0. The van der Waals surface area contributed by atoms with Gasteiger partial charge < -0.3 is 25.2 Å². The minimum atomic E-state index is -0.961. The summed E-state index contributed by atoms with van der Waals surface area (Å²) in [6, 6.07) is 0. The summed E-state index contributed by atoms with van der Waals surface area (Å²) in [4.78, 5) is 11.8. The van der Waals surface area contributed by atoms with Gasteiger partial charge in [0.15, 0.2) is 0 Å². The van der Waals surface area contributed by atoms with E-state index in [2.05, 4.69) is 54.5 Å². The Morgan fingerprint density at radius 2 is 1.59 bits per heavy atom. The summed E-state index contributed by atoms with van der Waals surface area (Å²) in [5.41, 5.74) is -0.581. The van der Waals surface area contributed by atoms with Crippen LogP contribution < -0.4 is 0 Å². The predicted octanol–water partition coefficient (Wildman–Crippen LogP) is 5.01. The van der Waals surface area contributed by atoms with Crippen LogP contribution in [-0.4, -0.2) is 57.4 Å². The fourth-order valence-electron chi connectivity index (χ4n) is 11.5. The lowest BCUT2D eigenvalue weighted by molar-refractivity contribution is -0.252. The zero-order chi connectivity index (χ0) is 29.0. The van der Waals surface area contributed by atoms with E-state index in [0.717, 1.165) is 32.1 Å². The van der Waals surface area contributed by atoms with Crippen molar-refractivity contribution in [3.05, 3.63) is 11.6 Å². The minimum absolute atomic E-state index is 0.0235. The van der Waals surface area contributed by atoms with Crippen LogP contribution in [0.15, 0.2) is 11.6 Å². The number of esters is 1. The van der Waals surface area contributed by atoms with Gasteiger partial charge in [0.1, 0.15) is 0 Å². The van der Waals surface area contributed by atoms with E-state index in [1.165, 1.54) is 12.5 Å². The lowest BCUT2D eigenvalue weighted by Crippen LogP contribution is -2.70. The van der Waals surface area contributed by atoms with Gasteiger partial charge in [0, 0.05) is 17.8 Å². The molecular weight excluding hydrogens is 492 g/mol. The quantitative estimate of drug-likeness (QED) is 0.293. The van der Waals surface area contributed by atoms with E-state index in [-0.39, 0.29) is 40.7 Å². The molecule has 6 nitrogen and oxygen atoms in total. The van der Waals surface area contributed by atoms with Gasteiger partial charge in [-0.05, 0) is 90.8 Å². The number of carbonyl (C=O) groups excluding carboxylic acids is 1. The first-order valence-corrected chi connectivity index (χ1v) is 15.5. The molecule has 0 aromatic heterocycles. The number of hydrogen-bond donors (Lipinski definition) is 4. The van der Waals surface area contributed by atoms with Crippen LogP contribution in [-0.2, 0) is 9.53 Å². The standard InChI is InChI=1S/C33H54O6/c1-9-33-21(16-28(3,4)26(37)27(33)38)20-10-11-23-29(5)14-13-24(35)30(6,18-39-19(2)34)22(29)12-15-31(23,7)32(20,8)17-25(33)36/h10,21-27,35-38H,9,11-18H2,1-8H3/t21?,22?,23?,24-,25+,26-,27-,29-,30+,31+,32+,33-/m0/s1. The molecule has 0 radical (unpaired) electrons. The van der Waals surface area contributed by atoms with Crippen LogP contribution >= 0.6 is 0 Å². The van der Waals surface area contributed by atoms with E-state index in [4.69, 9.17) is 4.74 Å². The van der Waals surface area contributed by atoms with Crippen LogP contribution in [0, 0.1) is 50.2 Å². The molecule has 0 saturated heterocycles. The van der Waals surface area contributed by atoms with E-state index in [9.17, 15) is 25.2 Å². The maximum Gasteiger partial charge on any atom is 0.302 e. The Hall–Kier alpha value is -0.950. The van der Waals surface area contributed by atoms with Crippen molar-refractivity contribution in [1.29, 1.82) is 0 Å². The van der Waals surface area contributed by atoms with Gasteiger partial charge in [-0.2, -0.15) is 0 Å². The molecule has 0 amide bonds. The first-order chi connectivity index (χ1) is 18.0. The Balaban J connectivity index is 1.59. The van der Waals surface area contributed by atoms with Gasteiger partial charge in [0.05, 0.1) is 31.0 Å². The maximum absolute atomic E-state index is 12.0. The van der Waals surface area contributed by atoms with Gasteiger partial charge in [-0.3, -0.25) is 4.79 Å². The van der Waals surface area contributed by atoms with Crippen LogP contribution in [0.25, 0.3) is 0 Å². The second-order valence-electron chi connectivity index (χ2n) is 16.0. The topological polar surface area (TPSA) is 107 Å². The number of fused-ring (bicyclic) bond motifs is 7. The largest absolute Gasteiger partial charge is 0.465 e. The van der Waals surface area contributed by atoms with Gasteiger partial charge in [-0.25, -0.2) is 0 Å². The molecular formula is C33H54O6. The summed E-state index contributed by atoms with van der Waals surface area (Å²) in [5.74, 6) is 0.330. The summed E-state index contributed by atoms with van der Waals surface area (Å²) in [6.07, 6.45) is 5.96. The van der Waals surface area contributed by atoms with Crippen LogP contribution in [0.5, 0.6) is 0 Å². The summed E-state index contributed by atoms with van der Waals surface area (Å²) in [6.45, 7) is 17.2. The molecule has 0 aliphatic heterocycles. The highest BCUT2D eigenvalue weighted by Gasteiger charge is 2.72. The van der Waals surface area contributed by atoms with E-state index in [0.29, 0.717) is 25.2 Å². The van der Waals surface area contributed by atoms with Crippen molar-refractivity contribution in [2.75, 3.05) is 6.61 Å². The third kappa shape index (κ3) is 3.63. The van der Waals surface area contributed by atoms with Gasteiger partial charge >= 0.3 is 5.97 Å². The molecule has 0 bridgehead atoms. The van der Waals surface area contributed by atoms with Crippen LogP contribution in [0.3, 0.4) is 0 Å². The van der Waals surface area contributed by atoms with Gasteiger partial charge in [0.2, 0.25) is 0 Å². The summed E-state index contributed by atoms with van der Waals surface area (Å²) < 4.78 is 5.56. The molecule has 0 aromatic carbocycles. The third-order valence-electron chi connectivity index (χ3n) is 14.1. The van der Waals surface area contributed by atoms with Gasteiger partial charge in [-0.15, -0.1) is 0 Å². The second kappa shape index (κ2) is 9.02. The maximum atomic E-state index is 12.0. The first kappa shape index (κ1) is 29.5. The molecule has 0 heterocycles. The molecule has 5 aliphatic carbocycles. The molecule has 5 rings (SSSR count). The molecule has 39 heavy (non-hydrogen) atoms. The zero-order valence-corrected chi connectivity index (χ0v) is 25.6.